The molecule has 1 aromatic carbocycles. The van der Waals surface area contributed by atoms with E-state index >= 15 is 0 Å². The summed E-state index contributed by atoms with van der Waals surface area (Å²) in [6.07, 6.45) is 2.20. The molecule has 0 heterocycles. The number of ether oxygens (including phenoxy) is 1. The zero-order chi connectivity index (χ0) is 17.7. The first-order valence-electron chi connectivity index (χ1n) is 8.54. The van der Waals surface area contributed by atoms with E-state index in [-0.39, 0.29) is 6.61 Å². The molecule has 1 aliphatic carbocycles. The summed E-state index contributed by atoms with van der Waals surface area (Å²) >= 11 is 0. The molecule has 2 atom stereocenters. The van der Waals surface area contributed by atoms with Crippen molar-refractivity contribution in [2.75, 3.05) is 7.05 Å². The summed E-state index contributed by atoms with van der Waals surface area (Å²) in [4.78, 5) is 25.8. The Morgan fingerprint density at radius 3 is 2.58 bits per heavy atom. The smallest absolute Gasteiger partial charge is 0.410 e. The number of amides is 1. The Kier molecular flexibility index (Phi) is 5.86. The molecule has 1 saturated carbocycles. The van der Waals surface area contributed by atoms with Gasteiger partial charge in [0.1, 0.15) is 12.1 Å². The molecule has 0 saturated heterocycles. The molecule has 2 unspecified atom stereocenters. The van der Waals surface area contributed by atoms with Crippen LogP contribution in [-0.2, 0) is 16.1 Å². The topological polar surface area (TPSA) is 66.8 Å². The van der Waals surface area contributed by atoms with Crippen LogP contribution in [-0.4, -0.2) is 34.7 Å². The second-order valence-electron chi connectivity index (χ2n) is 7.04. The van der Waals surface area contributed by atoms with Gasteiger partial charge in [0.25, 0.3) is 0 Å². The van der Waals surface area contributed by atoms with Crippen molar-refractivity contribution in [3.05, 3.63) is 35.9 Å². The van der Waals surface area contributed by atoms with Gasteiger partial charge in [-0.05, 0) is 36.7 Å². The first-order valence-corrected chi connectivity index (χ1v) is 8.54. The van der Waals surface area contributed by atoms with E-state index in [9.17, 15) is 14.7 Å². The monoisotopic (exact) mass is 333 g/mol. The molecule has 24 heavy (non-hydrogen) atoms. The van der Waals surface area contributed by atoms with E-state index in [4.69, 9.17) is 4.74 Å². The number of hydrogen-bond donors (Lipinski definition) is 1. The molecule has 0 spiro atoms. The molecule has 5 heteroatoms. The molecule has 1 amide bonds. The summed E-state index contributed by atoms with van der Waals surface area (Å²) in [6.45, 7) is 4.36. The highest BCUT2D eigenvalue weighted by Gasteiger charge is 2.49. The standard InChI is InChI=1S/C19H27NO4/c1-14(2)16-10-7-11-19(12-16,17(21)22)20(3)18(23)24-13-15-8-5-4-6-9-15/h4-6,8-9,14,16H,7,10-13H2,1-3H3,(H,21,22). The van der Waals surface area contributed by atoms with E-state index in [1.54, 1.807) is 7.05 Å². The van der Waals surface area contributed by atoms with Crippen LogP contribution in [0.15, 0.2) is 30.3 Å². The number of rotatable bonds is 5. The summed E-state index contributed by atoms with van der Waals surface area (Å²) in [5.41, 5.74) is -0.284. The Bertz CT molecular complexity index is 572. The third kappa shape index (κ3) is 3.89. The minimum atomic E-state index is -1.17. The van der Waals surface area contributed by atoms with Gasteiger partial charge in [0.15, 0.2) is 0 Å². The number of carbonyl (C=O) groups is 2. The number of benzene rings is 1. The van der Waals surface area contributed by atoms with E-state index in [2.05, 4.69) is 13.8 Å². The molecular weight excluding hydrogens is 306 g/mol. The number of hydrogen-bond acceptors (Lipinski definition) is 3. The molecule has 5 nitrogen and oxygen atoms in total. The zero-order valence-corrected chi connectivity index (χ0v) is 14.7. The molecule has 0 bridgehead atoms. The summed E-state index contributed by atoms with van der Waals surface area (Å²) < 4.78 is 5.34. The molecular formula is C19H27NO4. The molecule has 132 valence electrons. The lowest BCUT2D eigenvalue weighted by Crippen LogP contribution is -2.58. The van der Waals surface area contributed by atoms with E-state index < -0.39 is 17.6 Å². The van der Waals surface area contributed by atoms with Crippen molar-refractivity contribution in [1.29, 1.82) is 0 Å². The maximum atomic E-state index is 12.4. The highest BCUT2D eigenvalue weighted by Crippen LogP contribution is 2.40. The number of carboxylic acid groups (broad SMARTS) is 1. The number of nitrogens with zero attached hydrogens (tertiary/aromatic N) is 1. The van der Waals surface area contributed by atoms with Crippen LogP contribution in [0.1, 0.15) is 45.1 Å². The molecule has 0 aromatic heterocycles. The van der Waals surface area contributed by atoms with E-state index in [1.807, 2.05) is 30.3 Å². The van der Waals surface area contributed by atoms with Crippen LogP contribution in [0.4, 0.5) is 4.79 Å². The molecule has 2 rings (SSSR count). The average molecular weight is 333 g/mol. The fourth-order valence-corrected chi connectivity index (χ4v) is 3.50. The molecule has 1 aliphatic rings. The van der Waals surface area contributed by atoms with E-state index in [0.29, 0.717) is 24.7 Å². The lowest BCUT2D eigenvalue weighted by Gasteiger charge is -2.44. The third-order valence-corrected chi connectivity index (χ3v) is 5.23. The Morgan fingerprint density at radius 2 is 2.00 bits per heavy atom. The van der Waals surface area contributed by atoms with Crippen molar-refractivity contribution in [2.24, 2.45) is 11.8 Å². The van der Waals surface area contributed by atoms with Gasteiger partial charge in [0.05, 0.1) is 0 Å². The van der Waals surface area contributed by atoms with Crippen LogP contribution >= 0.6 is 0 Å². The van der Waals surface area contributed by atoms with Crippen molar-refractivity contribution >= 4 is 12.1 Å². The predicted molar refractivity (Wildman–Crippen MR) is 91.6 cm³/mol. The second kappa shape index (κ2) is 7.69. The summed E-state index contributed by atoms with van der Waals surface area (Å²) in [7, 11) is 1.55. The number of aliphatic carboxylic acids is 1. The van der Waals surface area contributed by atoms with Gasteiger partial charge in [-0.3, -0.25) is 4.90 Å². The molecule has 1 N–H and O–H groups in total. The number of likely N-dealkylation sites (N-methyl/N-ethyl adjacent to an activating group) is 1. The predicted octanol–water partition coefficient (Wildman–Crippen LogP) is 3.92. The van der Waals surface area contributed by atoms with Crippen LogP contribution in [0.25, 0.3) is 0 Å². The third-order valence-electron chi connectivity index (χ3n) is 5.23. The van der Waals surface area contributed by atoms with Crippen LogP contribution in [0.5, 0.6) is 0 Å². The minimum Gasteiger partial charge on any atom is -0.479 e. The Balaban J connectivity index is 2.09. The summed E-state index contributed by atoms with van der Waals surface area (Å²) in [5, 5.41) is 9.84. The fourth-order valence-electron chi connectivity index (χ4n) is 3.50. The Morgan fingerprint density at radius 1 is 1.33 bits per heavy atom. The maximum Gasteiger partial charge on any atom is 0.410 e. The molecule has 1 aromatic rings. The van der Waals surface area contributed by atoms with Gasteiger partial charge in [-0.2, -0.15) is 0 Å². The SMILES string of the molecule is CC(C)C1CCCC(C(=O)O)(N(C)C(=O)OCc2ccccc2)C1. The summed E-state index contributed by atoms with van der Waals surface area (Å²) in [5.74, 6) is -0.232. The average Bonchev–Trinajstić information content (AvgIpc) is 2.59. The Labute approximate surface area is 143 Å². The van der Waals surface area contributed by atoms with E-state index in [0.717, 1.165) is 18.4 Å². The van der Waals surface area contributed by atoms with Crippen molar-refractivity contribution in [1.82, 2.24) is 4.90 Å². The van der Waals surface area contributed by atoms with Crippen molar-refractivity contribution in [2.45, 2.75) is 51.7 Å². The lowest BCUT2D eigenvalue weighted by molar-refractivity contribution is -0.153. The van der Waals surface area contributed by atoms with Gasteiger partial charge >= 0.3 is 12.1 Å². The van der Waals surface area contributed by atoms with Crippen LogP contribution in [0.2, 0.25) is 0 Å². The van der Waals surface area contributed by atoms with Gasteiger partial charge in [-0.15, -0.1) is 0 Å². The van der Waals surface area contributed by atoms with Crippen LogP contribution < -0.4 is 0 Å². The van der Waals surface area contributed by atoms with Gasteiger partial charge < -0.3 is 9.84 Å². The van der Waals surface area contributed by atoms with Gasteiger partial charge in [0.2, 0.25) is 0 Å². The summed E-state index contributed by atoms with van der Waals surface area (Å²) in [6, 6.07) is 9.39. The molecule has 0 radical (unpaired) electrons. The van der Waals surface area contributed by atoms with E-state index in [1.165, 1.54) is 4.90 Å². The minimum absolute atomic E-state index is 0.146. The largest absolute Gasteiger partial charge is 0.479 e. The Hall–Kier alpha value is -2.04. The highest BCUT2D eigenvalue weighted by molar-refractivity contribution is 5.84. The number of carboxylic acids is 1. The first-order chi connectivity index (χ1) is 11.4. The van der Waals surface area contributed by atoms with Crippen LogP contribution in [0.3, 0.4) is 0 Å². The van der Waals surface area contributed by atoms with Crippen molar-refractivity contribution < 1.29 is 19.4 Å². The fraction of sp³-hybridized carbons (Fsp3) is 0.579. The maximum absolute atomic E-state index is 12.4. The zero-order valence-electron chi connectivity index (χ0n) is 14.7. The number of carbonyl (C=O) groups excluding carboxylic acids is 1. The first kappa shape index (κ1) is 18.3. The second-order valence-corrected chi connectivity index (χ2v) is 7.04. The molecule has 0 aliphatic heterocycles. The van der Waals surface area contributed by atoms with Gasteiger partial charge in [-0.1, -0.05) is 50.6 Å². The quantitative estimate of drug-likeness (QED) is 0.887. The van der Waals surface area contributed by atoms with Crippen molar-refractivity contribution in [3.8, 4) is 0 Å². The normalized spacial score (nSPS) is 23.8. The highest BCUT2D eigenvalue weighted by atomic mass is 16.6. The van der Waals surface area contributed by atoms with Gasteiger partial charge in [0, 0.05) is 7.05 Å². The molecule has 1 fully saturated rings. The van der Waals surface area contributed by atoms with Crippen LogP contribution in [0, 0.1) is 11.8 Å². The van der Waals surface area contributed by atoms with Crippen molar-refractivity contribution in [3.63, 3.8) is 0 Å². The lowest BCUT2D eigenvalue weighted by atomic mass is 9.71. The van der Waals surface area contributed by atoms with Gasteiger partial charge in [-0.25, -0.2) is 9.59 Å².